The van der Waals surface area contributed by atoms with Gasteiger partial charge in [0.1, 0.15) is 0 Å². The van der Waals surface area contributed by atoms with E-state index in [-0.39, 0.29) is 0 Å². The van der Waals surface area contributed by atoms with Gasteiger partial charge < -0.3 is 4.99 Å². The zero-order chi connectivity index (χ0) is 6.62. The lowest BCUT2D eigenvalue weighted by atomic mass is 10.9. The molecule has 1 nitrogen and oxygen atoms in total. The topological polar surface area (TPSA) is 12.4 Å². The number of aliphatic imine (C=N–C) groups is 1. The van der Waals surface area contributed by atoms with Gasteiger partial charge in [-0.1, -0.05) is 19.6 Å². The molecule has 0 saturated heterocycles. The van der Waals surface area contributed by atoms with E-state index >= 15 is 0 Å². The first kappa shape index (κ1) is 7.89. The van der Waals surface area contributed by atoms with Crippen LogP contribution < -0.4 is 0 Å². The summed E-state index contributed by atoms with van der Waals surface area (Å²) < 4.78 is 0. The summed E-state index contributed by atoms with van der Waals surface area (Å²) in [5.41, 5.74) is 0. The predicted octanol–water partition coefficient (Wildman–Crippen LogP) is 2.03. The van der Waals surface area contributed by atoms with Crippen LogP contribution in [0.4, 0.5) is 0 Å². The van der Waals surface area contributed by atoms with Crippen molar-refractivity contribution in [1.29, 1.82) is 0 Å². The maximum absolute atomic E-state index is 3.93. The molecule has 0 amide bonds. The molecule has 0 radical (unpaired) electrons. The molecule has 8 heavy (non-hydrogen) atoms. The summed E-state index contributed by atoms with van der Waals surface area (Å²) in [6.07, 6.45) is 2.02. The van der Waals surface area contributed by atoms with Crippen molar-refractivity contribution in [3.8, 4) is 0 Å². The van der Waals surface area contributed by atoms with Crippen LogP contribution in [-0.2, 0) is 0 Å². The van der Waals surface area contributed by atoms with E-state index in [1.54, 1.807) is 0 Å². The highest BCUT2D eigenvalue weighted by molar-refractivity contribution is 6.78. The lowest BCUT2D eigenvalue weighted by molar-refractivity contribution is 1.44. The lowest BCUT2D eigenvalue weighted by Gasteiger charge is -2.10. The molecule has 2 heteroatoms. The van der Waals surface area contributed by atoms with Crippen molar-refractivity contribution in [3.05, 3.63) is 0 Å². The molecule has 0 N–H and O–H groups in total. The van der Waals surface area contributed by atoms with E-state index in [9.17, 15) is 0 Å². The van der Waals surface area contributed by atoms with Gasteiger partial charge in [0.05, 0.1) is 0 Å². The van der Waals surface area contributed by atoms with Crippen LogP contribution in [0, 0.1) is 0 Å². The summed E-state index contributed by atoms with van der Waals surface area (Å²) in [6.45, 7) is 7.03. The van der Waals surface area contributed by atoms with Crippen molar-refractivity contribution < 1.29 is 0 Å². The van der Waals surface area contributed by atoms with E-state index in [1.807, 2.05) is 13.3 Å². The van der Waals surface area contributed by atoms with Crippen LogP contribution in [0.2, 0.25) is 25.7 Å². The van der Waals surface area contributed by atoms with Gasteiger partial charge in [0.2, 0.25) is 0 Å². The largest absolute Gasteiger partial charge is 0.301 e. The zero-order valence-electron chi connectivity index (χ0n) is 6.23. The van der Waals surface area contributed by atoms with E-state index in [0.29, 0.717) is 0 Å². The Kier molecular flexibility index (Phi) is 2.98. The first-order valence-electron chi connectivity index (χ1n) is 2.97. The molecule has 0 aliphatic rings. The van der Waals surface area contributed by atoms with E-state index in [1.165, 1.54) is 6.04 Å². The molecule has 0 unspecified atom stereocenters. The maximum Gasteiger partial charge on any atom is 0.0498 e. The SMILES string of the molecule is CN=CC[Si](C)(C)C. The van der Waals surface area contributed by atoms with Gasteiger partial charge in [0.25, 0.3) is 0 Å². The Labute approximate surface area is 52.8 Å². The summed E-state index contributed by atoms with van der Waals surface area (Å²) in [5, 5.41) is 0. The fourth-order valence-corrected chi connectivity index (χ4v) is 1.10. The molecular weight excluding hydrogens is 114 g/mol. The fourth-order valence-electron chi connectivity index (χ4n) is 0.365. The van der Waals surface area contributed by atoms with Crippen LogP contribution in [0.1, 0.15) is 0 Å². The minimum atomic E-state index is -0.827. The van der Waals surface area contributed by atoms with E-state index in [4.69, 9.17) is 0 Å². The van der Waals surface area contributed by atoms with Crippen LogP contribution in [-0.4, -0.2) is 21.3 Å². The predicted molar refractivity (Wildman–Crippen MR) is 42.6 cm³/mol. The summed E-state index contributed by atoms with van der Waals surface area (Å²) in [4.78, 5) is 3.93. The fraction of sp³-hybridized carbons (Fsp3) is 0.833. The second-order valence-corrected chi connectivity index (χ2v) is 8.74. The van der Waals surface area contributed by atoms with Crippen molar-refractivity contribution in [1.82, 2.24) is 0 Å². The number of hydrogen-bond donors (Lipinski definition) is 0. The molecule has 0 aromatic heterocycles. The van der Waals surface area contributed by atoms with E-state index in [0.717, 1.165) is 0 Å². The van der Waals surface area contributed by atoms with Crippen molar-refractivity contribution in [2.45, 2.75) is 25.7 Å². The van der Waals surface area contributed by atoms with Gasteiger partial charge in [-0.2, -0.15) is 0 Å². The molecule has 0 atom stereocenters. The minimum absolute atomic E-state index is 0.827. The summed E-state index contributed by atoms with van der Waals surface area (Å²) in [7, 11) is 1.01. The van der Waals surface area contributed by atoms with Gasteiger partial charge in [0.15, 0.2) is 0 Å². The molecule has 0 aromatic carbocycles. The second-order valence-electron chi connectivity index (χ2n) is 3.21. The van der Waals surface area contributed by atoms with Crippen molar-refractivity contribution in [3.63, 3.8) is 0 Å². The van der Waals surface area contributed by atoms with Crippen molar-refractivity contribution in [2.75, 3.05) is 7.05 Å². The third kappa shape index (κ3) is 5.89. The first-order valence-corrected chi connectivity index (χ1v) is 6.67. The molecule has 0 aliphatic heterocycles. The quantitative estimate of drug-likeness (QED) is 0.399. The molecule has 0 aliphatic carbocycles. The maximum atomic E-state index is 3.93. The van der Waals surface area contributed by atoms with E-state index in [2.05, 4.69) is 24.6 Å². The molecule has 0 aromatic rings. The summed E-state index contributed by atoms with van der Waals surface area (Å²) in [5.74, 6) is 0. The Bertz CT molecular complexity index is 81.0. The number of hydrogen-bond acceptors (Lipinski definition) is 1. The average molecular weight is 129 g/mol. The molecular formula is C6H15NSi. The lowest BCUT2D eigenvalue weighted by Crippen LogP contribution is -2.19. The van der Waals surface area contributed by atoms with Gasteiger partial charge >= 0.3 is 0 Å². The molecule has 0 bridgehead atoms. The average Bonchev–Trinajstić information content (AvgIpc) is 1.59. The standard InChI is InChI=1S/C6H15NSi/c1-7-5-6-8(2,3)4/h5H,6H2,1-4H3. The molecule has 0 rings (SSSR count). The third-order valence-electron chi connectivity index (χ3n) is 0.886. The Morgan fingerprint density at radius 1 is 1.38 bits per heavy atom. The first-order chi connectivity index (χ1) is 3.56. The Hall–Kier alpha value is -0.113. The minimum Gasteiger partial charge on any atom is -0.301 e. The number of nitrogens with zero attached hydrogens (tertiary/aromatic N) is 1. The van der Waals surface area contributed by atoms with Gasteiger partial charge in [-0.3, -0.25) is 0 Å². The molecule has 48 valence electrons. The van der Waals surface area contributed by atoms with E-state index < -0.39 is 8.07 Å². The highest BCUT2D eigenvalue weighted by Crippen LogP contribution is 2.04. The Morgan fingerprint density at radius 3 is 2.00 bits per heavy atom. The van der Waals surface area contributed by atoms with Gasteiger partial charge in [-0.05, 0) is 12.3 Å². The van der Waals surface area contributed by atoms with Gasteiger partial charge in [-0.15, -0.1) is 0 Å². The van der Waals surface area contributed by atoms with Crippen LogP contribution in [0.25, 0.3) is 0 Å². The Morgan fingerprint density at radius 2 is 1.88 bits per heavy atom. The van der Waals surface area contributed by atoms with Crippen LogP contribution in [0.15, 0.2) is 4.99 Å². The molecule has 0 saturated carbocycles. The van der Waals surface area contributed by atoms with Crippen LogP contribution in [0.5, 0.6) is 0 Å². The molecule has 0 fully saturated rings. The molecule has 0 spiro atoms. The summed E-state index contributed by atoms with van der Waals surface area (Å²) >= 11 is 0. The highest BCUT2D eigenvalue weighted by Gasteiger charge is 2.09. The van der Waals surface area contributed by atoms with Gasteiger partial charge in [-0.25, -0.2) is 0 Å². The highest BCUT2D eigenvalue weighted by atomic mass is 28.3. The van der Waals surface area contributed by atoms with Crippen LogP contribution in [0.3, 0.4) is 0 Å². The smallest absolute Gasteiger partial charge is 0.0498 e. The number of rotatable bonds is 2. The second kappa shape index (κ2) is 3.02. The normalized spacial score (nSPS) is 13.0. The van der Waals surface area contributed by atoms with Crippen molar-refractivity contribution >= 4 is 14.3 Å². The Balaban J connectivity index is 3.39. The zero-order valence-corrected chi connectivity index (χ0v) is 7.23. The molecule has 0 heterocycles. The third-order valence-corrected chi connectivity index (χ3v) is 2.29. The summed E-state index contributed by atoms with van der Waals surface area (Å²) in [6, 6.07) is 1.21. The van der Waals surface area contributed by atoms with Crippen molar-refractivity contribution in [2.24, 2.45) is 4.99 Å². The van der Waals surface area contributed by atoms with Crippen LogP contribution >= 0.6 is 0 Å². The van der Waals surface area contributed by atoms with Gasteiger partial charge in [0, 0.05) is 15.1 Å². The monoisotopic (exact) mass is 129 g/mol.